The van der Waals surface area contributed by atoms with E-state index in [0.717, 1.165) is 43.2 Å². The highest BCUT2D eigenvalue weighted by molar-refractivity contribution is 7.13. The number of aliphatic hydroxyl groups is 1. The number of thiazole rings is 1. The van der Waals surface area contributed by atoms with E-state index in [4.69, 9.17) is 4.98 Å². The lowest BCUT2D eigenvalue weighted by atomic mass is 10.0. The van der Waals surface area contributed by atoms with Crippen LogP contribution in [0.2, 0.25) is 0 Å². The van der Waals surface area contributed by atoms with Crippen molar-refractivity contribution >= 4 is 11.3 Å². The first kappa shape index (κ1) is 15.7. The van der Waals surface area contributed by atoms with Gasteiger partial charge in [0.05, 0.1) is 11.8 Å². The number of nitrogens with zero attached hydrogens (tertiary/aromatic N) is 2. The Morgan fingerprint density at radius 1 is 1.36 bits per heavy atom. The lowest BCUT2D eigenvalue weighted by Gasteiger charge is -2.16. The second-order valence-electron chi connectivity index (χ2n) is 6.22. The van der Waals surface area contributed by atoms with Gasteiger partial charge in [0.2, 0.25) is 0 Å². The van der Waals surface area contributed by atoms with Crippen molar-refractivity contribution in [2.75, 3.05) is 13.1 Å². The van der Waals surface area contributed by atoms with Crippen molar-refractivity contribution in [1.29, 1.82) is 0 Å². The molecule has 2 heterocycles. The summed E-state index contributed by atoms with van der Waals surface area (Å²) in [5, 5.41) is 13.0. The average molecular weight is 316 g/mol. The number of likely N-dealkylation sites (tertiary alicyclic amines) is 1. The average Bonchev–Trinajstić information content (AvgIpc) is 3.17. The number of rotatable bonds is 5. The van der Waals surface area contributed by atoms with Crippen molar-refractivity contribution in [1.82, 2.24) is 9.88 Å². The summed E-state index contributed by atoms with van der Waals surface area (Å²) < 4.78 is 0. The standard InChI is InChI=1S/C18H24N2OS/c1-3-14-4-6-15(7-5-14)18-19-17(12-22-18)11-20-9-8-16(10-20)13(2)21/h4-7,12-13,16,21H,3,8-11H2,1-2H3. The lowest BCUT2D eigenvalue weighted by Crippen LogP contribution is -2.24. The Balaban J connectivity index is 1.64. The monoisotopic (exact) mass is 316 g/mol. The van der Waals surface area contributed by atoms with Gasteiger partial charge in [-0.05, 0) is 37.8 Å². The van der Waals surface area contributed by atoms with E-state index in [0.29, 0.717) is 5.92 Å². The molecule has 2 unspecified atom stereocenters. The zero-order valence-corrected chi connectivity index (χ0v) is 14.1. The second kappa shape index (κ2) is 6.90. The van der Waals surface area contributed by atoms with Gasteiger partial charge in [0.25, 0.3) is 0 Å². The van der Waals surface area contributed by atoms with Gasteiger partial charge in [0, 0.05) is 24.0 Å². The van der Waals surface area contributed by atoms with Crippen LogP contribution < -0.4 is 0 Å². The molecule has 1 aliphatic heterocycles. The van der Waals surface area contributed by atoms with Gasteiger partial charge < -0.3 is 5.11 Å². The number of hydrogen-bond acceptors (Lipinski definition) is 4. The Bertz CT molecular complexity index is 606. The minimum Gasteiger partial charge on any atom is -0.393 e. The minimum absolute atomic E-state index is 0.201. The Kier molecular flexibility index (Phi) is 4.91. The van der Waals surface area contributed by atoms with Crippen LogP contribution in [0, 0.1) is 5.92 Å². The summed E-state index contributed by atoms with van der Waals surface area (Å²) in [6.45, 7) is 7.01. The molecule has 0 spiro atoms. The Hall–Kier alpha value is -1.23. The quantitative estimate of drug-likeness (QED) is 0.916. The molecule has 1 aliphatic rings. The first-order valence-electron chi connectivity index (χ1n) is 8.10. The van der Waals surface area contributed by atoms with Gasteiger partial charge in [-0.1, -0.05) is 31.2 Å². The van der Waals surface area contributed by atoms with Crippen LogP contribution in [0.15, 0.2) is 29.6 Å². The highest BCUT2D eigenvalue weighted by Gasteiger charge is 2.26. The van der Waals surface area contributed by atoms with E-state index in [9.17, 15) is 5.11 Å². The van der Waals surface area contributed by atoms with Crippen LogP contribution in [-0.4, -0.2) is 34.2 Å². The molecule has 0 aliphatic carbocycles. The summed E-state index contributed by atoms with van der Waals surface area (Å²) in [4.78, 5) is 7.18. The van der Waals surface area contributed by atoms with Crippen LogP contribution in [-0.2, 0) is 13.0 Å². The summed E-state index contributed by atoms with van der Waals surface area (Å²) in [6.07, 6.45) is 1.96. The molecular formula is C18H24N2OS. The lowest BCUT2D eigenvalue weighted by molar-refractivity contribution is 0.127. The van der Waals surface area contributed by atoms with E-state index < -0.39 is 0 Å². The van der Waals surface area contributed by atoms with Gasteiger partial charge in [0.15, 0.2) is 0 Å². The summed E-state index contributed by atoms with van der Waals surface area (Å²) in [7, 11) is 0. The summed E-state index contributed by atoms with van der Waals surface area (Å²) in [5.74, 6) is 0.416. The van der Waals surface area contributed by atoms with Gasteiger partial charge >= 0.3 is 0 Å². The zero-order valence-electron chi connectivity index (χ0n) is 13.3. The molecule has 1 saturated heterocycles. The third-order valence-corrected chi connectivity index (χ3v) is 5.48. The molecule has 0 radical (unpaired) electrons. The van der Waals surface area contributed by atoms with Gasteiger partial charge in [-0.15, -0.1) is 11.3 Å². The molecule has 1 aromatic carbocycles. The van der Waals surface area contributed by atoms with E-state index in [1.807, 2.05) is 6.92 Å². The van der Waals surface area contributed by atoms with Gasteiger partial charge in [-0.25, -0.2) is 4.98 Å². The summed E-state index contributed by atoms with van der Waals surface area (Å²) >= 11 is 1.72. The molecule has 22 heavy (non-hydrogen) atoms. The molecule has 3 nitrogen and oxygen atoms in total. The zero-order chi connectivity index (χ0) is 15.5. The van der Waals surface area contributed by atoms with E-state index in [-0.39, 0.29) is 6.10 Å². The van der Waals surface area contributed by atoms with Crippen LogP contribution >= 0.6 is 11.3 Å². The van der Waals surface area contributed by atoms with Crippen molar-refractivity contribution in [3.05, 3.63) is 40.9 Å². The van der Waals surface area contributed by atoms with Gasteiger partial charge in [0.1, 0.15) is 5.01 Å². The number of benzene rings is 1. The first-order chi connectivity index (χ1) is 10.7. The third kappa shape index (κ3) is 3.57. The van der Waals surface area contributed by atoms with Crippen molar-refractivity contribution in [3.8, 4) is 10.6 Å². The number of aromatic nitrogens is 1. The van der Waals surface area contributed by atoms with Crippen molar-refractivity contribution in [2.24, 2.45) is 5.92 Å². The molecule has 0 saturated carbocycles. The molecule has 4 heteroatoms. The van der Waals surface area contributed by atoms with E-state index in [2.05, 4.69) is 41.5 Å². The van der Waals surface area contributed by atoms with Crippen LogP contribution in [0.3, 0.4) is 0 Å². The maximum atomic E-state index is 9.69. The number of hydrogen-bond donors (Lipinski definition) is 1. The Labute approximate surface area is 136 Å². The fourth-order valence-corrected chi connectivity index (χ4v) is 3.84. The highest BCUT2D eigenvalue weighted by atomic mass is 32.1. The Morgan fingerprint density at radius 3 is 2.77 bits per heavy atom. The van der Waals surface area contributed by atoms with Crippen LogP contribution in [0.1, 0.15) is 31.5 Å². The number of aryl methyl sites for hydroxylation is 1. The van der Waals surface area contributed by atoms with Gasteiger partial charge in [-0.2, -0.15) is 0 Å². The van der Waals surface area contributed by atoms with Crippen molar-refractivity contribution in [3.63, 3.8) is 0 Å². The molecule has 2 atom stereocenters. The number of aliphatic hydroxyl groups excluding tert-OH is 1. The maximum absolute atomic E-state index is 9.69. The van der Waals surface area contributed by atoms with Crippen LogP contribution in [0.25, 0.3) is 10.6 Å². The maximum Gasteiger partial charge on any atom is 0.123 e. The third-order valence-electron chi connectivity index (χ3n) is 4.54. The Morgan fingerprint density at radius 2 is 2.14 bits per heavy atom. The predicted octanol–water partition coefficient (Wildman–Crippen LogP) is 3.58. The summed E-state index contributed by atoms with van der Waals surface area (Å²) in [5.41, 5.74) is 3.71. The molecule has 1 N–H and O–H groups in total. The van der Waals surface area contributed by atoms with Gasteiger partial charge in [-0.3, -0.25) is 4.90 Å². The van der Waals surface area contributed by atoms with Crippen LogP contribution in [0.5, 0.6) is 0 Å². The molecular weight excluding hydrogens is 292 g/mol. The van der Waals surface area contributed by atoms with Crippen molar-refractivity contribution < 1.29 is 5.11 Å². The van der Waals surface area contributed by atoms with Crippen molar-refractivity contribution in [2.45, 2.75) is 39.3 Å². The normalized spacial score (nSPS) is 20.4. The fraction of sp³-hybridized carbons (Fsp3) is 0.500. The topological polar surface area (TPSA) is 36.4 Å². The minimum atomic E-state index is -0.201. The molecule has 1 fully saturated rings. The molecule has 118 valence electrons. The molecule has 0 amide bonds. The molecule has 0 bridgehead atoms. The second-order valence-corrected chi connectivity index (χ2v) is 7.08. The molecule has 2 aromatic rings. The first-order valence-corrected chi connectivity index (χ1v) is 8.98. The predicted molar refractivity (Wildman–Crippen MR) is 92.0 cm³/mol. The molecule has 3 rings (SSSR count). The van der Waals surface area contributed by atoms with E-state index >= 15 is 0 Å². The van der Waals surface area contributed by atoms with E-state index in [1.54, 1.807) is 11.3 Å². The largest absolute Gasteiger partial charge is 0.393 e. The SMILES string of the molecule is CCc1ccc(-c2nc(CN3CCC(C(C)O)C3)cs2)cc1. The van der Waals surface area contributed by atoms with E-state index in [1.165, 1.54) is 11.1 Å². The molecule has 1 aromatic heterocycles. The van der Waals surface area contributed by atoms with Crippen LogP contribution in [0.4, 0.5) is 0 Å². The smallest absolute Gasteiger partial charge is 0.123 e. The fourth-order valence-electron chi connectivity index (χ4n) is 3.02. The summed E-state index contributed by atoms with van der Waals surface area (Å²) in [6, 6.07) is 8.70. The highest BCUT2D eigenvalue weighted by Crippen LogP contribution is 2.26.